The van der Waals surface area contributed by atoms with Crippen molar-refractivity contribution < 1.29 is 9.53 Å². The molecule has 1 amide bonds. The minimum Gasteiger partial charge on any atom is -0.481 e. The Bertz CT molecular complexity index is 599. The summed E-state index contributed by atoms with van der Waals surface area (Å²) < 4.78 is 5.98. The van der Waals surface area contributed by atoms with E-state index in [1.165, 1.54) is 0 Å². The smallest absolute Gasteiger partial charge is 0.248 e. The molecule has 0 aliphatic carbocycles. The maximum Gasteiger partial charge on any atom is 0.248 e. The molecule has 0 spiro atoms. The van der Waals surface area contributed by atoms with Crippen LogP contribution in [0.5, 0.6) is 5.88 Å². The van der Waals surface area contributed by atoms with E-state index in [-0.39, 0.29) is 0 Å². The van der Waals surface area contributed by atoms with Crippen molar-refractivity contribution in [2.45, 2.75) is 0 Å². The minimum absolute atomic E-state index is 0.452. The van der Waals surface area contributed by atoms with Gasteiger partial charge < -0.3 is 10.5 Å². The van der Waals surface area contributed by atoms with Crippen molar-refractivity contribution in [2.75, 3.05) is 7.11 Å². The predicted molar refractivity (Wildman–Crippen MR) is 72.4 cm³/mol. The number of methoxy groups -OCH3 is 1. The van der Waals surface area contributed by atoms with Crippen molar-refractivity contribution in [3.8, 4) is 17.0 Å². The molecule has 18 heavy (non-hydrogen) atoms. The number of aromatic nitrogens is 1. The number of rotatable bonds is 3. The quantitative estimate of drug-likeness (QED) is 0.948. The van der Waals surface area contributed by atoms with Crippen LogP contribution in [0, 0.1) is 0 Å². The number of hydrogen-bond acceptors (Lipinski definition) is 3. The van der Waals surface area contributed by atoms with E-state index in [1.54, 1.807) is 25.4 Å². The van der Waals surface area contributed by atoms with Gasteiger partial charge in [0.25, 0.3) is 0 Å². The van der Waals surface area contributed by atoms with Crippen LogP contribution in [-0.2, 0) is 0 Å². The second kappa shape index (κ2) is 5.18. The van der Waals surface area contributed by atoms with Crippen LogP contribution in [0.1, 0.15) is 10.4 Å². The largest absolute Gasteiger partial charge is 0.481 e. The Morgan fingerprint density at radius 2 is 2.11 bits per heavy atom. The molecule has 0 bridgehead atoms. The fourth-order valence-corrected chi connectivity index (χ4v) is 2.24. The number of nitrogens with two attached hydrogens (primary N) is 1. The highest BCUT2D eigenvalue weighted by Crippen LogP contribution is 2.33. The van der Waals surface area contributed by atoms with Crippen LogP contribution in [0.15, 0.2) is 41.0 Å². The van der Waals surface area contributed by atoms with Gasteiger partial charge in [0.15, 0.2) is 0 Å². The second-order valence-corrected chi connectivity index (χ2v) is 4.47. The van der Waals surface area contributed by atoms with Gasteiger partial charge in [-0.15, -0.1) is 0 Å². The van der Waals surface area contributed by atoms with Gasteiger partial charge in [0, 0.05) is 27.4 Å². The Kier molecular flexibility index (Phi) is 3.62. The SMILES string of the molecule is COc1ncccc1-c1ccc(C(N)=O)cc1Br. The van der Waals surface area contributed by atoms with Crippen LogP contribution < -0.4 is 10.5 Å². The molecule has 0 fully saturated rings. The first-order valence-corrected chi connectivity index (χ1v) is 6.01. The Balaban J connectivity index is 2.54. The van der Waals surface area contributed by atoms with Crippen LogP contribution in [0.2, 0.25) is 0 Å². The molecule has 2 rings (SSSR count). The number of ether oxygens (including phenoxy) is 1. The molecule has 0 saturated heterocycles. The lowest BCUT2D eigenvalue weighted by Gasteiger charge is -2.09. The lowest BCUT2D eigenvalue weighted by atomic mass is 10.0. The van der Waals surface area contributed by atoms with Gasteiger partial charge in [0.2, 0.25) is 11.8 Å². The molecule has 0 unspecified atom stereocenters. The summed E-state index contributed by atoms with van der Waals surface area (Å²) in [4.78, 5) is 15.2. The monoisotopic (exact) mass is 306 g/mol. The van der Waals surface area contributed by atoms with Gasteiger partial charge >= 0.3 is 0 Å². The van der Waals surface area contributed by atoms with Crippen molar-refractivity contribution >= 4 is 21.8 Å². The first-order valence-electron chi connectivity index (χ1n) is 5.22. The highest BCUT2D eigenvalue weighted by Gasteiger charge is 2.11. The Labute approximate surface area is 113 Å². The molecule has 2 aromatic rings. The summed E-state index contributed by atoms with van der Waals surface area (Å²) in [7, 11) is 1.57. The van der Waals surface area contributed by atoms with Crippen LogP contribution in [-0.4, -0.2) is 18.0 Å². The zero-order valence-electron chi connectivity index (χ0n) is 9.68. The number of halogens is 1. The molecule has 2 N–H and O–H groups in total. The molecule has 5 heteroatoms. The summed E-state index contributed by atoms with van der Waals surface area (Å²) in [5.41, 5.74) is 7.43. The van der Waals surface area contributed by atoms with E-state index in [2.05, 4.69) is 20.9 Å². The first kappa shape index (κ1) is 12.6. The second-order valence-electron chi connectivity index (χ2n) is 3.62. The van der Waals surface area contributed by atoms with Gasteiger partial charge in [-0.3, -0.25) is 4.79 Å². The molecular formula is C13H11BrN2O2. The van der Waals surface area contributed by atoms with E-state index in [0.29, 0.717) is 11.4 Å². The normalized spacial score (nSPS) is 10.1. The molecule has 1 aromatic heterocycles. The molecule has 4 nitrogen and oxygen atoms in total. The number of primary amides is 1. The number of pyridine rings is 1. The van der Waals surface area contributed by atoms with Gasteiger partial charge in [0.05, 0.1) is 7.11 Å². The predicted octanol–water partition coefficient (Wildman–Crippen LogP) is 2.62. The molecule has 1 heterocycles. The molecule has 1 aromatic carbocycles. The van der Waals surface area contributed by atoms with Gasteiger partial charge in [-0.1, -0.05) is 22.0 Å². The molecule has 92 valence electrons. The number of benzene rings is 1. The minimum atomic E-state index is -0.458. The number of hydrogen-bond donors (Lipinski definition) is 1. The van der Waals surface area contributed by atoms with E-state index < -0.39 is 5.91 Å². The van der Waals surface area contributed by atoms with E-state index in [1.807, 2.05) is 18.2 Å². The van der Waals surface area contributed by atoms with Crippen molar-refractivity contribution in [1.82, 2.24) is 4.98 Å². The zero-order valence-corrected chi connectivity index (χ0v) is 11.3. The Hall–Kier alpha value is -1.88. The van der Waals surface area contributed by atoms with E-state index in [0.717, 1.165) is 15.6 Å². The molecular weight excluding hydrogens is 296 g/mol. The summed E-state index contributed by atoms with van der Waals surface area (Å²) >= 11 is 3.42. The topological polar surface area (TPSA) is 65.2 Å². The number of amides is 1. The van der Waals surface area contributed by atoms with Crippen molar-refractivity contribution in [3.05, 3.63) is 46.6 Å². The number of carbonyl (C=O) groups is 1. The number of nitrogens with zero attached hydrogens (tertiary/aromatic N) is 1. The lowest BCUT2D eigenvalue weighted by Crippen LogP contribution is -2.10. The van der Waals surface area contributed by atoms with Crippen LogP contribution in [0.3, 0.4) is 0 Å². The zero-order chi connectivity index (χ0) is 13.1. The summed E-state index contributed by atoms with van der Waals surface area (Å²) in [6, 6.07) is 8.89. The fraction of sp³-hybridized carbons (Fsp3) is 0.0769. The summed E-state index contributed by atoms with van der Waals surface area (Å²) in [5.74, 6) is 0.0745. The first-order chi connectivity index (χ1) is 8.63. The Morgan fingerprint density at radius 3 is 2.72 bits per heavy atom. The molecule has 0 radical (unpaired) electrons. The van der Waals surface area contributed by atoms with E-state index in [4.69, 9.17) is 10.5 Å². The van der Waals surface area contributed by atoms with Crippen molar-refractivity contribution in [3.63, 3.8) is 0 Å². The molecule has 0 aliphatic rings. The summed E-state index contributed by atoms with van der Waals surface area (Å²) in [5, 5.41) is 0. The third kappa shape index (κ3) is 2.36. The van der Waals surface area contributed by atoms with Crippen LogP contribution in [0.4, 0.5) is 0 Å². The number of carbonyl (C=O) groups excluding carboxylic acids is 1. The highest BCUT2D eigenvalue weighted by molar-refractivity contribution is 9.10. The van der Waals surface area contributed by atoms with Gasteiger partial charge in [-0.2, -0.15) is 0 Å². The summed E-state index contributed by atoms with van der Waals surface area (Å²) in [6.07, 6.45) is 1.66. The lowest BCUT2D eigenvalue weighted by molar-refractivity contribution is 0.100. The summed E-state index contributed by atoms with van der Waals surface area (Å²) in [6.45, 7) is 0. The van der Waals surface area contributed by atoms with E-state index >= 15 is 0 Å². The van der Waals surface area contributed by atoms with Crippen molar-refractivity contribution in [2.24, 2.45) is 5.73 Å². The highest BCUT2D eigenvalue weighted by atomic mass is 79.9. The third-order valence-corrected chi connectivity index (χ3v) is 3.16. The standard InChI is InChI=1S/C13H11BrN2O2/c1-18-13-10(3-2-6-16-13)9-5-4-8(12(15)17)7-11(9)14/h2-7H,1H3,(H2,15,17). The van der Waals surface area contributed by atoms with Crippen molar-refractivity contribution in [1.29, 1.82) is 0 Å². The van der Waals surface area contributed by atoms with Gasteiger partial charge in [0.1, 0.15) is 0 Å². The van der Waals surface area contributed by atoms with Crippen LogP contribution >= 0.6 is 15.9 Å². The Morgan fingerprint density at radius 1 is 1.33 bits per heavy atom. The van der Waals surface area contributed by atoms with Gasteiger partial charge in [-0.25, -0.2) is 4.98 Å². The average Bonchev–Trinajstić information content (AvgIpc) is 2.38. The molecule has 0 aliphatic heterocycles. The maximum atomic E-state index is 11.1. The average molecular weight is 307 g/mol. The van der Waals surface area contributed by atoms with E-state index in [9.17, 15) is 4.79 Å². The third-order valence-electron chi connectivity index (χ3n) is 2.51. The molecule has 0 saturated carbocycles. The molecule has 0 atom stereocenters. The van der Waals surface area contributed by atoms with Gasteiger partial charge in [-0.05, 0) is 24.3 Å². The maximum absolute atomic E-state index is 11.1. The van der Waals surface area contributed by atoms with Crippen LogP contribution in [0.25, 0.3) is 11.1 Å². The fourth-order valence-electron chi connectivity index (χ4n) is 1.65.